The number of anilines is 3. The maximum Gasteiger partial charge on any atom is 0.319 e. The van der Waals surface area contributed by atoms with E-state index in [1.54, 1.807) is 24.3 Å². The van der Waals surface area contributed by atoms with Gasteiger partial charge in [-0.05, 0) is 38.1 Å². The van der Waals surface area contributed by atoms with Crippen molar-refractivity contribution in [1.82, 2.24) is 15.3 Å². The first-order chi connectivity index (χ1) is 11.6. The van der Waals surface area contributed by atoms with Gasteiger partial charge in [-0.25, -0.2) is 14.8 Å². The van der Waals surface area contributed by atoms with Crippen LogP contribution in [0.3, 0.4) is 0 Å². The quantitative estimate of drug-likeness (QED) is 0.577. The number of hydrogen-bond donors (Lipinski definition) is 4. The van der Waals surface area contributed by atoms with E-state index in [9.17, 15) is 4.79 Å². The number of carbonyl (C=O) groups excluding carboxylic acids is 1. The summed E-state index contributed by atoms with van der Waals surface area (Å²) in [5.41, 5.74) is 0.687. The van der Waals surface area contributed by atoms with E-state index >= 15 is 0 Å². The molecule has 0 spiro atoms. The van der Waals surface area contributed by atoms with E-state index < -0.39 is 0 Å². The van der Waals surface area contributed by atoms with Gasteiger partial charge in [0.15, 0.2) is 0 Å². The molecule has 128 valence electrons. The molecule has 0 saturated heterocycles. The van der Waals surface area contributed by atoms with Crippen LogP contribution in [-0.4, -0.2) is 35.6 Å². The summed E-state index contributed by atoms with van der Waals surface area (Å²) in [7, 11) is 0. The Bertz CT molecular complexity index is 677. The number of aryl methyl sites for hydroxylation is 1. The van der Waals surface area contributed by atoms with Gasteiger partial charge in [0.2, 0.25) is 0 Å². The number of halogens is 1. The molecule has 0 aliphatic rings. The maximum absolute atomic E-state index is 11.8. The fourth-order valence-corrected chi connectivity index (χ4v) is 2.13. The van der Waals surface area contributed by atoms with E-state index in [4.69, 9.17) is 11.6 Å². The van der Waals surface area contributed by atoms with Crippen LogP contribution in [0.2, 0.25) is 5.02 Å². The Morgan fingerprint density at radius 2 is 1.75 bits per heavy atom. The maximum atomic E-state index is 11.8. The molecule has 0 aliphatic heterocycles. The minimum atomic E-state index is -0.272. The summed E-state index contributed by atoms with van der Waals surface area (Å²) >= 11 is 5.80. The molecule has 0 saturated carbocycles. The summed E-state index contributed by atoms with van der Waals surface area (Å²) < 4.78 is 0. The molecule has 2 aromatic rings. The Morgan fingerprint density at radius 3 is 2.42 bits per heavy atom. The highest BCUT2D eigenvalue weighted by Gasteiger charge is 2.03. The lowest BCUT2D eigenvalue weighted by Crippen LogP contribution is -2.32. The molecule has 7 nitrogen and oxygen atoms in total. The second kappa shape index (κ2) is 8.93. The number of aromatic nitrogens is 2. The number of rotatable bonds is 7. The summed E-state index contributed by atoms with van der Waals surface area (Å²) in [5.74, 6) is 2.18. The van der Waals surface area contributed by atoms with E-state index in [2.05, 4.69) is 31.2 Å². The molecule has 0 atom stereocenters. The fraction of sp³-hybridized carbons (Fsp3) is 0.312. The summed E-state index contributed by atoms with van der Waals surface area (Å²) in [6.45, 7) is 5.65. The molecule has 1 aromatic carbocycles. The Balaban J connectivity index is 1.74. The SMILES string of the molecule is CCNc1cc(NCCNC(=O)Nc2ccc(Cl)cc2)nc(C)n1. The van der Waals surface area contributed by atoms with Gasteiger partial charge in [0, 0.05) is 36.4 Å². The van der Waals surface area contributed by atoms with E-state index in [1.807, 2.05) is 19.9 Å². The lowest BCUT2D eigenvalue weighted by molar-refractivity contribution is 0.252. The highest BCUT2D eigenvalue weighted by atomic mass is 35.5. The van der Waals surface area contributed by atoms with Crippen LogP contribution >= 0.6 is 11.6 Å². The number of nitrogens with zero attached hydrogens (tertiary/aromatic N) is 2. The van der Waals surface area contributed by atoms with Crippen molar-refractivity contribution in [3.63, 3.8) is 0 Å². The minimum Gasteiger partial charge on any atom is -0.370 e. The Kier molecular flexibility index (Phi) is 6.62. The standard InChI is InChI=1S/C16H21ClN6O/c1-3-18-14-10-15(22-11(2)21-14)19-8-9-20-16(24)23-13-6-4-12(17)5-7-13/h4-7,10H,3,8-9H2,1-2H3,(H2,20,23,24)(H2,18,19,21,22). The van der Waals surface area contributed by atoms with Gasteiger partial charge in [-0.3, -0.25) is 0 Å². The van der Waals surface area contributed by atoms with E-state index in [-0.39, 0.29) is 6.03 Å². The molecule has 2 rings (SSSR count). The van der Waals surface area contributed by atoms with Gasteiger partial charge in [0.1, 0.15) is 17.5 Å². The van der Waals surface area contributed by atoms with Gasteiger partial charge in [-0.15, -0.1) is 0 Å². The molecule has 0 unspecified atom stereocenters. The highest BCUT2D eigenvalue weighted by Crippen LogP contribution is 2.13. The molecule has 0 bridgehead atoms. The van der Waals surface area contributed by atoms with Crippen LogP contribution in [0.1, 0.15) is 12.7 Å². The molecular weight excluding hydrogens is 328 g/mol. The average molecular weight is 349 g/mol. The van der Waals surface area contributed by atoms with Crippen molar-refractivity contribution in [2.24, 2.45) is 0 Å². The first-order valence-electron chi connectivity index (χ1n) is 7.70. The average Bonchev–Trinajstić information content (AvgIpc) is 2.54. The summed E-state index contributed by atoms with van der Waals surface area (Å²) in [6.07, 6.45) is 0. The van der Waals surface area contributed by atoms with Crippen LogP contribution in [0.25, 0.3) is 0 Å². The number of urea groups is 1. The zero-order valence-corrected chi connectivity index (χ0v) is 14.4. The number of benzene rings is 1. The van der Waals surface area contributed by atoms with Gasteiger partial charge in [-0.2, -0.15) is 0 Å². The predicted molar refractivity (Wildman–Crippen MR) is 97.9 cm³/mol. The first-order valence-corrected chi connectivity index (χ1v) is 8.08. The van der Waals surface area contributed by atoms with Crippen molar-refractivity contribution in [1.29, 1.82) is 0 Å². The summed E-state index contributed by atoms with van der Waals surface area (Å²) in [5, 5.41) is 12.4. The zero-order chi connectivity index (χ0) is 17.4. The van der Waals surface area contributed by atoms with Gasteiger partial charge >= 0.3 is 6.03 Å². The van der Waals surface area contributed by atoms with Gasteiger partial charge in [0.05, 0.1) is 0 Å². The lowest BCUT2D eigenvalue weighted by atomic mass is 10.3. The molecule has 0 radical (unpaired) electrons. The van der Waals surface area contributed by atoms with Crippen LogP contribution in [0.15, 0.2) is 30.3 Å². The van der Waals surface area contributed by atoms with Crippen molar-refractivity contribution in [3.8, 4) is 0 Å². The second-order valence-corrected chi connectivity index (χ2v) is 5.47. The highest BCUT2D eigenvalue weighted by molar-refractivity contribution is 6.30. The Labute approximate surface area is 146 Å². The van der Waals surface area contributed by atoms with Crippen LogP contribution in [0, 0.1) is 6.92 Å². The van der Waals surface area contributed by atoms with Gasteiger partial charge in [0.25, 0.3) is 0 Å². The molecule has 1 heterocycles. The third kappa shape index (κ3) is 5.92. The van der Waals surface area contributed by atoms with Crippen LogP contribution < -0.4 is 21.3 Å². The Morgan fingerprint density at radius 1 is 1.08 bits per heavy atom. The molecule has 0 aliphatic carbocycles. The van der Waals surface area contributed by atoms with Crippen LogP contribution in [0.5, 0.6) is 0 Å². The first kappa shape index (κ1) is 17.8. The smallest absolute Gasteiger partial charge is 0.319 e. The van der Waals surface area contributed by atoms with Crippen LogP contribution in [-0.2, 0) is 0 Å². The number of amides is 2. The van der Waals surface area contributed by atoms with Gasteiger partial charge in [-0.1, -0.05) is 11.6 Å². The molecule has 4 N–H and O–H groups in total. The second-order valence-electron chi connectivity index (χ2n) is 5.03. The molecule has 0 fully saturated rings. The number of hydrogen-bond acceptors (Lipinski definition) is 5. The minimum absolute atomic E-state index is 0.272. The fourth-order valence-electron chi connectivity index (χ4n) is 2.01. The summed E-state index contributed by atoms with van der Waals surface area (Å²) in [4.78, 5) is 20.4. The normalized spacial score (nSPS) is 10.1. The largest absolute Gasteiger partial charge is 0.370 e. The molecular formula is C16H21ClN6O. The third-order valence-corrected chi connectivity index (χ3v) is 3.27. The molecule has 8 heteroatoms. The van der Waals surface area contributed by atoms with Crippen molar-refractivity contribution >= 4 is 35.0 Å². The number of carbonyl (C=O) groups is 1. The third-order valence-electron chi connectivity index (χ3n) is 3.01. The van der Waals surface area contributed by atoms with E-state index in [1.165, 1.54) is 0 Å². The van der Waals surface area contributed by atoms with Crippen molar-refractivity contribution in [2.75, 3.05) is 35.6 Å². The van der Waals surface area contributed by atoms with E-state index in [0.717, 1.165) is 18.2 Å². The van der Waals surface area contributed by atoms with Gasteiger partial charge < -0.3 is 21.3 Å². The zero-order valence-electron chi connectivity index (χ0n) is 13.7. The van der Waals surface area contributed by atoms with Crippen molar-refractivity contribution in [3.05, 3.63) is 41.2 Å². The van der Waals surface area contributed by atoms with E-state index in [0.29, 0.717) is 29.6 Å². The van der Waals surface area contributed by atoms with Crippen molar-refractivity contribution in [2.45, 2.75) is 13.8 Å². The predicted octanol–water partition coefficient (Wildman–Crippen LogP) is 3.10. The lowest BCUT2D eigenvalue weighted by Gasteiger charge is -2.10. The monoisotopic (exact) mass is 348 g/mol. The Hall–Kier alpha value is -2.54. The topological polar surface area (TPSA) is 91.0 Å². The molecule has 2 amide bonds. The number of nitrogens with one attached hydrogen (secondary N) is 4. The molecule has 24 heavy (non-hydrogen) atoms. The van der Waals surface area contributed by atoms with Crippen LogP contribution in [0.4, 0.5) is 22.1 Å². The molecule has 1 aromatic heterocycles. The summed E-state index contributed by atoms with van der Waals surface area (Å²) in [6, 6.07) is 8.49. The van der Waals surface area contributed by atoms with Crippen molar-refractivity contribution < 1.29 is 4.79 Å².